The number of halogens is 1. The summed E-state index contributed by atoms with van der Waals surface area (Å²) in [6, 6.07) is 0. The van der Waals surface area contributed by atoms with E-state index < -0.39 is 0 Å². The van der Waals surface area contributed by atoms with Crippen molar-refractivity contribution in [3.05, 3.63) is 0 Å². The van der Waals surface area contributed by atoms with Gasteiger partial charge in [0.1, 0.15) is 0 Å². The maximum atomic E-state index is 5.07. The zero-order chi connectivity index (χ0) is 14.8. The summed E-state index contributed by atoms with van der Waals surface area (Å²) in [5.74, 6) is 2.19. The molecule has 1 aliphatic rings. The number of aliphatic imine (C=N–C) groups is 1. The van der Waals surface area contributed by atoms with Crippen LogP contribution < -0.4 is 10.6 Å². The largest absolute Gasteiger partial charge is 0.383 e. The second-order valence-corrected chi connectivity index (χ2v) is 7.23. The summed E-state index contributed by atoms with van der Waals surface area (Å²) in [5, 5.41) is 6.81. The Morgan fingerprint density at radius 2 is 2.14 bits per heavy atom. The predicted octanol–water partition coefficient (Wildman–Crippen LogP) is 1.63. The van der Waals surface area contributed by atoms with Gasteiger partial charge in [0, 0.05) is 45.1 Å². The first-order chi connectivity index (χ1) is 9.59. The van der Waals surface area contributed by atoms with Crippen molar-refractivity contribution in [3.8, 4) is 0 Å². The molecule has 0 amide bonds. The molecule has 0 bridgehead atoms. The molecule has 1 heterocycles. The van der Waals surface area contributed by atoms with Crippen molar-refractivity contribution in [1.29, 1.82) is 0 Å². The maximum absolute atomic E-state index is 5.07. The van der Waals surface area contributed by atoms with Crippen LogP contribution in [0.25, 0.3) is 0 Å². The summed E-state index contributed by atoms with van der Waals surface area (Å²) in [4.78, 5) is 6.53. The number of methoxy groups -OCH3 is 1. The molecule has 7 heteroatoms. The van der Waals surface area contributed by atoms with Crippen LogP contribution in [0.2, 0.25) is 0 Å². The molecule has 0 aromatic rings. The Labute approximate surface area is 151 Å². The minimum Gasteiger partial charge on any atom is -0.383 e. The summed E-state index contributed by atoms with van der Waals surface area (Å²) in [7, 11) is 5.67. The average molecular weight is 430 g/mol. The average Bonchev–Trinajstić information content (AvgIpc) is 2.87. The smallest absolute Gasteiger partial charge is 0.191 e. The van der Waals surface area contributed by atoms with Gasteiger partial charge in [0.2, 0.25) is 0 Å². The first-order valence-electron chi connectivity index (χ1n) is 7.35. The van der Waals surface area contributed by atoms with Gasteiger partial charge in [0.15, 0.2) is 5.96 Å². The second kappa shape index (κ2) is 11.8. The van der Waals surface area contributed by atoms with Crippen LogP contribution in [0.4, 0.5) is 0 Å². The highest BCUT2D eigenvalue weighted by Gasteiger charge is 2.29. The van der Waals surface area contributed by atoms with Gasteiger partial charge in [-0.2, -0.15) is 11.8 Å². The minimum atomic E-state index is 0. The number of likely N-dealkylation sites (N-methyl/N-ethyl adjacent to an activating group) is 1. The van der Waals surface area contributed by atoms with Gasteiger partial charge in [0.05, 0.1) is 6.61 Å². The summed E-state index contributed by atoms with van der Waals surface area (Å²) in [6.45, 7) is 6.93. The van der Waals surface area contributed by atoms with E-state index in [0.29, 0.717) is 4.75 Å². The van der Waals surface area contributed by atoms with Crippen molar-refractivity contribution in [2.75, 3.05) is 59.7 Å². The number of nitrogens with one attached hydrogen (secondary N) is 2. The predicted molar refractivity (Wildman–Crippen MR) is 104 cm³/mol. The Kier molecular flexibility index (Phi) is 11.9. The second-order valence-electron chi connectivity index (χ2n) is 5.55. The topological polar surface area (TPSA) is 48.9 Å². The summed E-state index contributed by atoms with van der Waals surface area (Å²) in [6.07, 6.45) is 2.63. The minimum absolute atomic E-state index is 0. The molecule has 0 aliphatic carbocycles. The van der Waals surface area contributed by atoms with E-state index in [4.69, 9.17) is 4.74 Å². The first-order valence-corrected chi connectivity index (χ1v) is 8.34. The Hall–Kier alpha value is 0.270. The molecule has 0 saturated carbocycles. The molecule has 1 aliphatic heterocycles. The van der Waals surface area contributed by atoms with Gasteiger partial charge in [0.25, 0.3) is 0 Å². The number of thioether (sulfide) groups is 1. The zero-order valence-electron chi connectivity index (χ0n) is 13.8. The van der Waals surface area contributed by atoms with Crippen molar-refractivity contribution in [2.45, 2.75) is 24.5 Å². The van der Waals surface area contributed by atoms with Crippen molar-refractivity contribution in [1.82, 2.24) is 15.5 Å². The molecule has 126 valence electrons. The van der Waals surface area contributed by atoms with Crippen LogP contribution in [0.1, 0.15) is 19.8 Å². The van der Waals surface area contributed by atoms with E-state index in [1.54, 1.807) is 7.11 Å². The molecule has 5 nitrogen and oxygen atoms in total. The Balaban J connectivity index is 0.00000400. The highest BCUT2D eigenvalue weighted by molar-refractivity contribution is 14.0. The van der Waals surface area contributed by atoms with Gasteiger partial charge >= 0.3 is 0 Å². The van der Waals surface area contributed by atoms with Crippen molar-refractivity contribution in [2.24, 2.45) is 4.99 Å². The number of rotatable bonds is 8. The standard InChI is InChI=1S/C14H30N4OS.HI/c1-14(6-5-11-20-14)12-17-13(15-2)16-7-8-18(3)9-10-19-4;/h5-12H2,1-4H3,(H2,15,16,17);1H. The lowest BCUT2D eigenvalue weighted by atomic mass is 10.1. The van der Waals surface area contributed by atoms with Crippen molar-refractivity contribution in [3.63, 3.8) is 0 Å². The van der Waals surface area contributed by atoms with Crippen molar-refractivity contribution >= 4 is 41.7 Å². The first kappa shape index (κ1) is 21.3. The third-order valence-corrected chi connectivity index (χ3v) is 5.16. The summed E-state index contributed by atoms with van der Waals surface area (Å²) >= 11 is 2.07. The molecule has 1 atom stereocenters. The number of hydrogen-bond acceptors (Lipinski definition) is 4. The Morgan fingerprint density at radius 1 is 1.38 bits per heavy atom. The normalized spacial score (nSPS) is 22.2. The van der Waals surface area contributed by atoms with Gasteiger partial charge in [-0.15, -0.1) is 24.0 Å². The van der Waals surface area contributed by atoms with E-state index in [2.05, 4.69) is 46.3 Å². The van der Waals surface area contributed by atoms with Gasteiger partial charge in [-0.25, -0.2) is 0 Å². The Morgan fingerprint density at radius 3 is 2.71 bits per heavy atom. The summed E-state index contributed by atoms with van der Waals surface area (Å²) < 4.78 is 5.44. The van der Waals surface area contributed by atoms with E-state index in [9.17, 15) is 0 Å². The van der Waals surface area contributed by atoms with E-state index in [0.717, 1.165) is 38.7 Å². The highest BCUT2D eigenvalue weighted by Crippen LogP contribution is 2.36. The van der Waals surface area contributed by atoms with Crippen LogP contribution in [-0.4, -0.2) is 75.4 Å². The van der Waals surface area contributed by atoms with Crippen LogP contribution in [0.3, 0.4) is 0 Å². The van der Waals surface area contributed by atoms with Crippen LogP contribution in [0.5, 0.6) is 0 Å². The SMILES string of the molecule is CN=C(NCCN(C)CCOC)NCC1(C)CCCS1.I. The van der Waals surface area contributed by atoms with Crippen LogP contribution in [-0.2, 0) is 4.74 Å². The lowest BCUT2D eigenvalue weighted by Crippen LogP contribution is -2.45. The van der Waals surface area contributed by atoms with Crippen LogP contribution >= 0.6 is 35.7 Å². The molecule has 1 fully saturated rings. The molecular formula is C14H31IN4OS. The number of guanidine groups is 1. The lowest BCUT2D eigenvalue weighted by Gasteiger charge is -2.24. The van der Waals surface area contributed by atoms with Gasteiger partial charge < -0.3 is 20.3 Å². The number of ether oxygens (including phenoxy) is 1. The lowest BCUT2D eigenvalue weighted by molar-refractivity contribution is 0.162. The molecule has 0 radical (unpaired) electrons. The van der Waals surface area contributed by atoms with E-state index in [1.165, 1.54) is 18.6 Å². The fourth-order valence-corrected chi connectivity index (χ4v) is 3.44. The van der Waals surface area contributed by atoms with Crippen molar-refractivity contribution < 1.29 is 4.74 Å². The van der Waals surface area contributed by atoms with E-state index in [-0.39, 0.29) is 24.0 Å². The van der Waals surface area contributed by atoms with E-state index in [1.807, 2.05) is 7.05 Å². The fourth-order valence-electron chi connectivity index (χ4n) is 2.19. The quantitative estimate of drug-likeness (QED) is 0.348. The fraction of sp³-hybridized carbons (Fsp3) is 0.929. The molecule has 0 aromatic heterocycles. The maximum Gasteiger partial charge on any atom is 0.191 e. The molecule has 1 unspecified atom stereocenters. The Bertz CT molecular complexity index is 299. The van der Waals surface area contributed by atoms with Crippen LogP contribution in [0, 0.1) is 0 Å². The third kappa shape index (κ3) is 9.10. The molecule has 21 heavy (non-hydrogen) atoms. The highest BCUT2D eigenvalue weighted by atomic mass is 127. The van der Waals surface area contributed by atoms with Crippen LogP contribution in [0.15, 0.2) is 4.99 Å². The van der Waals surface area contributed by atoms with Gasteiger partial charge in [-0.1, -0.05) is 0 Å². The molecule has 1 saturated heterocycles. The molecule has 1 rings (SSSR count). The molecular weight excluding hydrogens is 399 g/mol. The third-order valence-electron chi connectivity index (χ3n) is 3.62. The number of hydrogen-bond donors (Lipinski definition) is 2. The summed E-state index contributed by atoms with van der Waals surface area (Å²) in [5.41, 5.74) is 0. The van der Waals surface area contributed by atoms with E-state index >= 15 is 0 Å². The van der Waals surface area contributed by atoms with Gasteiger partial charge in [-0.05, 0) is 32.6 Å². The molecule has 2 N–H and O–H groups in total. The monoisotopic (exact) mass is 430 g/mol. The molecule has 0 spiro atoms. The number of nitrogens with zero attached hydrogens (tertiary/aromatic N) is 2. The van der Waals surface area contributed by atoms with Gasteiger partial charge in [-0.3, -0.25) is 4.99 Å². The molecule has 0 aromatic carbocycles. The zero-order valence-corrected chi connectivity index (χ0v) is 16.9.